The van der Waals surface area contributed by atoms with E-state index in [2.05, 4.69) is 194 Å². The van der Waals surface area contributed by atoms with Crippen LogP contribution in [0.15, 0.2) is 285 Å². The van der Waals surface area contributed by atoms with Crippen LogP contribution in [-0.2, 0) is 0 Å². The molecule has 0 aliphatic rings. The van der Waals surface area contributed by atoms with Crippen LogP contribution in [0, 0.1) is 0 Å². The Morgan fingerprint density at radius 3 is 0.788 bits per heavy atom. The van der Waals surface area contributed by atoms with Crippen molar-refractivity contribution in [2.75, 3.05) is 0 Å². The predicted molar refractivity (Wildman–Crippen MR) is 246 cm³/mol. The van der Waals surface area contributed by atoms with Crippen molar-refractivity contribution in [3.63, 3.8) is 0 Å². The molecule has 0 aliphatic heterocycles. The van der Waals surface area contributed by atoms with Gasteiger partial charge in [0, 0.05) is 0 Å². The molecule has 0 unspecified atom stereocenters. The Morgan fingerprint density at radius 1 is 0.288 bits per heavy atom. The molecule has 0 atom stereocenters. The average molecular weight is 685 g/mol. The maximum absolute atomic E-state index is 3.36. The van der Waals surface area contributed by atoms with E-state index in [1.54, 1.807) is 72.9 Å². The standard InChI is InChI=1S/C28H24.6C4H6/c1-5-13-25(14-6-1)15-7-2-12-20-28(23-21-26-16-8-3-9-17-26)24-22-27-18-10-4-11-19-27;6*1-3-4-2/h1-24H;6*3-4H,1-2H2. The van der Waals surface area contributed by atoms with E-state index in [1.165, 1.54) is 16.7 Å². The normalized spacial score (nSPS) is 8.62. The van der Waals surface area contributed by atoms with Gasteiger partial charge in [-0.2, -0.15) is 0 Å². The number of benzene rings is 3. The zero-order valence-electron chi connectivity index (χ0n) is 31.3. The van der Waals surface area contributed by atoms with Gasteiger partial charge in [-0.05, 0) is 22.3 Å². The smallest absolute Gasteiger partial charge is 0.0256 e. The monoisotopic (exact) mass is 684 g/mol. The first kappa shape index (κ1) is 52.1. The van der Waals surface area contributed by atoms with Gasteiger partial charge in [0.25, 0.3) is 0 Å². The van der Waals surface area contributed by atoms with Crippen LogP contribution in [0.1, 0.15) is 16.7 Å². The van der Waals surface area contributed by atoms with Gasteiger partial charge in [0.1, 0.15) is 0 Å². The Labute approximate surface area is 318 Å². The first-order valence-electron chi connectivity index (χ1n) is 16.4. The fraction of sp³-hybridized carbons (Fsp3) is 0. The lowest BCUT2D eigenvalue weighted by molar-refractivity contribution is 1.63. The maximum Gasteiger partial charge on any atom is -0.0256 e. The SMILES string of the molecule is C(=CC=C(C=Cc1ccccc1)C=Cc1ccccc1)C=Cc1ccccc1.C=CC=C.C=CC=C.C=CC=C.C=CC=C.C=CC=C.C=CC=C. The summed E-state index contributed by atoms with van der Waals surface area (Å²) < 4.78 is 0. The van der Waals surface area contributed by atoms with E-state index in [0.717, 1.165) is 5.57 Å². The van der Waals surface area contributed by atoms with E-state index in [-0.39, 0.29) is 0 Å². The summed E-state index contributed by atoms with van der Waals surface area (Å²) >= 11 is 0. The zero-order valence-corrected chi connectivity index (χ0v) is 31.3. The Morgan fingerprint density at radius 2 is 0.538 bits per heavy atom. The van der Waals surface area contributed by atoms with Crippen LogP contribution in [0.25, 0.3) is 18.2 Å². The van der Waals surface area contributed by atoms with E-state index in [0.29, 0.717) is 0 Å². The van der Waals surface area contributed by atoms with Gasteiger partial charge < -0.3 is 0 Å². The summed E-state index contributed by atoms with van der Waals surface area (Å²) in [6.07, 6.45) is 38.6. The number of allylic oxidation sites excluding steroid dienone is 19. The van der Waals surface area contributed by atoms with Crippen molar-refractivity contribution in [2.45, 2.75) is 0 Å². The van der Waals surface area contributed by atoms with Crippen molar-refractivity contribution in [2.24, 2.45) is 0 Å². The average Bonchev–Trinajstić information content (AvgIpc) is 3.23. The molecule has 52 heavy (non-hydrogen) atoms. The van der Waals surface area contributed by atoms with Crippen molar-refractivity contribution in [1.29, 1.82) is 0 Å². The molecule has 0 nitrogen and oxygen atoms in total. The summed E-state index contributed by atoms with van der Waals surface area (Å²) in [5, 5.41) is 0. The third-order valence-electron chi connectivity index (χ3n) is 5.13. The van der Waals surface area contributed by atoms with Gasteiger partial charge in [-0.15, -0.1) is 0 Å². The van der Waals surface area contributed by atoms with Crippen LogP contribution in [0.2, 0.25) is 0 Å². The highest BCUT2D eigenvalue weighted by molar-refractivity contribution is 5.60. The van der Waals surface area contributed by atoms with Gasteiger partial charge in [-0.25, -0.2) is 0 Å². The molecule has 0 saturated heterocycles. The lowest BCUT2D eigenvalue weighted by Gasteiger charge is -1.96. The fourth-order valence-corrected chi connectivity index (χ4v) is 2.64. The van der Waals surface area contributed by atoms with Crippen molar-refractivity contribution in [1.82, 2.24) is 0 Å². The first-order valence-corrected chi connectivity index (χ1v) is 16.4. The van der Waals surface area contributed by atoms with Crippen molar-refractivity contribution in [3.8, 4) is 0 Å². The third kappa shape index (κ3) is 45.4. The second-order valence-electron chi connectivity index (χ2n) is 9.14. The van der Waals surface area contributed by atoms with E-state index in [9.17, 15) is 0 Å². The lowest BCUT2D eigenvalue weighted by Crippen LogP contribution is -1.74. The van der Waals surface area contributed by atoms with Gasteiger partial charge in [0.15, 0.2) is 0 Å². The van der Waals surface area contributed by atoms with Gasteiger partial charge in [0.2, 0.25) is 0 Å². The molecule has 0 aromatic heterocycles. The highest BCUT2D eigenvalue weighted by Gasteiger charge is 1.89. The van der Waals surface area contributed by atoms with Crippen LogP contribution in [0.4, 0.5) is 0 Å². The summed E-state index contributed by atoms with van der Waals surface area (Å²) in [6, 6.07) is 31.0. The molecular formula is C52H60. The fourth-order valence-electron chi connectivity index (χ4n) is 2.64. The molecule has 0 heterocycles. The van der Waals surface area contributed by atoms with E-state index < -0.39 is 0 Å². The minimum atomic E-state index is 1.14. The Bertz CT molecular complexity index is 1350. The molecule has 0 N–H and O–H groups in total. The Balaban J connectivity index is -0.000000390. The summed E-state index contributed by atoms with van der Waals surface area (Å²) in [6.45, 7) is 40.3. The number of hydrogen-bond acceptors (Lipinski definition) is 0. The minimum Gasteiger partial charge on any atom is -0.0991 e. The quantitative estimate of drug-likeness (QED) is 0.157. The largest absolute Gasteiger partial charge is 0.0991 e. The number of hydrogen-bond donors (Lipinski definition) is 0. The molecule has 3 rings (SSSR count). The Hall–Kier alpha value is -6.76. The molecule has 0 spiro atoms. The topological polar surface area (TPSA) is 0 Å². The first-order chi connectivity index (χ1) is 25.4. The molecule has 0 saturated carbocycles. The van der Waals surface area contributed by atoms with Crippen molar-refractivity contribution >= 4 is 18.2 Å². The van der Waals surface area contributed by atoms with E-state index >= 15 is 0 Å². The molecule has 0 amide bonds. The van der Waals surface area contributed by atoms with Crippen LogP contribution >= 0.6 is 0 Å². The summed E-state index contributed by atoms with van der Waals surface area (Å²) in [5.74, 6) is 0. The predicted octanol–water partition coefficient (Wildman–Crippen LogP) is 15.8. The van der Waals surface area contributed by atoms with Gasteiger partial charge in [0.05, 0.1) is 0 Å². The Kier molecular flexibility index (Phi) is 48.7. The molecule has 3 aromatic rings. The summed E-state index contributed by atoms with van der Waals surface area (Å²) in [7, 11) is 0. The van der Waals surface area contributed by atoms with Crippen molar-refractivity contribution < 1.29 is 0 Å². The summed E-state index contributed by atoms with van der Waals surface area (Å²) in [5.41, 5.74) is 4.71. The highest BCUT2D eigenvalue weighted by Crippen LogP contribution is 2.10. The van der Waals surface area contributed by atoms with E-state index in [4.69, 9.17) is 0 Å². The second-order valence-corrected chi connectivity index (χ2v) is 9.14. The molecule has 0 radical (unpaired) electrons. The van der Waals surface area contributed by atoms with Gasteiger partial charge in [-0.1, -0.05) is 298 Å². The van der Waals surface area contributed by atoms with Gasteiger partial charge >= 0.3 is 0 Å². The highest BCUT2D eigenvalue weighted by atomic mass is 13.9. The molecule has 0 heteroatoms. The zero-order chi connectivity index (χ0) is 39.8. The van der Waals surface area contributed by atoms with Crippen LogP contribution in [0.3, 0.4) is 0 Å². The maximum atomic E-state index is 3.36. The van der Waals surface area contributed by atoms with Crippen LogP contribution in [-0.4, -0.2) is 0 Å². The molecular weight excluding hydrogens is 625 g/mol. The number of rotatable bonds is 13. The molecule has 0 bridgehead atoms. The van der Waals surface area contributed by atoms with Crippen LogP contribution < -0.4 is 0 Å². The molecule has 268 valence electrons. The van der Waals surface area contributed by atoms with Crippen molar-refractivity contribution in [3.05, 3.63) is 302 Å². The lowest BCUT2D eigenvalue weighted by atomic mass is 10.1. The second kappa shape index (κ2) is 48.6. The molecule has 0 aliphatic carbocycles. The molecule has 3 aromatic carbocycles. The third-order valence-corrected chi connectivity index (χ3v) is 5.13. The summed E-state index contributed by atoms with van der Waals surface area (Å²) in [4.78, 5) is 0. The van der Waals surface area contributed by atoms with Gasteiger partial charge in [-0.3, -0.25) is 0 Å². The molecule has 0 fully saturated rings. The minimum absolute atomic E-state index is 1.14. The van der Waals surface area contributed by atoms with E-state index in [1.807, 2.05) is 30.3 Å². The van der Waals surface area contributed by atoms with Crippen LogP contribution in [0.5, 0.6) is 0 Å².